The van der Waals surface area contributed by atoms with E-state index in [1.54, 1.807) is 23.1 Å². The number of benzene rings is 2. The summed E-state index contributed by atoms with van der Waals surface area (Å²) in [6, 6.07) is 18.1. The number of amides is 2. The highest BCUT2D eigenvalue weighted by Crippen LogP contribution is 2.27. The Morgan fingerprint density at radius 3 is 2.29 bits per heavy atom. The summed E-state index contributed by atoms with van der Waals surface area (Å²) in [6.07, 6.45) is 5.40. The number of likely N-dealkylation sites (tertiary alicyclic amines) is 1. The number of hydrogen-bond donors (Lipinski definition) is 1. The highest BCUT2D eigenvalue weighted by Gasteiger charge is 2.35. The van der Waals surface area contributed by atoms with E-state index in [0.717, 1.165) is 43.0 Å². The Balaban J connectivity index is 0.00000336. The van der Waals surface area contributed by atoms with Gasteiger partial charge in [0.1, 0.15) is 5.82 Å². The van der Waals surface area contributed by atoms with E-state index < -0.39 is 5.92 Å². The average Bonchev–Trinajstić information content (AvgIpc) is 3.32. The van der Waals surface area contributed by atoms with Crippen LogP contribution in [-0.2, 0) is 29.0 Å². The molecule has 2 aromatic carbocycles. The van der Waals surface area contributed by atoms with Crippen molar-refractivity contribution >= 4 is 23.3 Å². The quantitative estimate of drug-likeness (QED) is 0.454. The topological polar surface area (TPSA) is 78.4 Å². The Labute approximate surface area is 224 Å². The molecule has 1 atom stereocenters. The third kappa shape index (κ3) is 7.01. The maximum Gasteiger partial charge on any atom is 0.231 e. The van der Waals surface area contributed by atoms with Gasteiger partial charge in [0.25, 0.3) is 0 Å². The molecule has 0 spiro atoms. The van der Waals surface area contributed by atoms with E-state index in [4.69, 9.17) is 0 Å². The Bertz CT molecular complexity index is 1210. The Morgan fingerprint density at radius 1 is 0.895 bits per heavy atom. The van der Waals surface area contributed by atoms with Gasteiger partial charge in [-0.1, -0.05) is 38.1 Å². The van der Waals surface area contributed by atoms with Crippen LogP contribution >= 0.6 is 0 Å². The van der Waals surface area contributed by atoms with Crippen LogP contribution in [0.5, 0.6) is 0 Å². The molecule has 1 aromatic heterocycles. The van der Waals surface area contributed by atoms with E-state index in [-0.39, 0.29) is 31.5 Å². The van der Waals surface area contributed by atoms with Gasteiger partial charge in [0, 0.05) is 25.2 Å². The second-order valence-electron chi connectivity index (χ2n) is 9.93. The van der Waals surface area contributed by atoms with Crippen molar-refractivity contribution in [2.45, 2.75) is 52.5 Å². The van der Waals surface area contributed by atoms with Crippen molar-refractivity contribution in [2.75, 3.05) is 29.9 Å². The molecule has 38 heavy (non-hydrogen) atoms. The minimum Gasteiger partial charge on any atom is -0.312 e. The second-order valence-corrected chi connectivity index (χ2v) is 9.93. The molecule has 8 heteroatoms. The molecule has 2 aliphatic heterocycles. The normalized spacial score (nSPS) is 17.8. The number of halogens is 1. The van der Waals surface area contributed by atoms with E-state index >= 15 is 0 Å². The Kier molecular flexibility index (Phi) is 9.18. The van der Waals surface area contributed by atoms with E-state index in [0.29, 0.717) is 18.8 Å². The van der Waals surface area contributed by atoms with Crippen molar-refractivity contribution in [3.8, 4) is 0 Å². The van der Waals surface area contributed by atoms with Crippen molar-refractivity contribution in [1.29, 1.82) is 0 Å². The second kappa shape index (κ2) is 12.7. The number of aromatic nitrogens is 2. The van der Waals surface area contributed by atoms with E-state index in [2.05, 4.69) is 32.5 Å². The number of carbonyl (C=O) groups is 2. The molecule has 3 aromatic rings. The van der Waals surface area contributed by atoms with Crippen molar-refractivity contribution in [1.82, 2.24) is 15.1 Å². The maximum atomic E-state index is 13.0. The lowest BCUT2D eigenvalue weighted by atomic mass is 10.1. The maximum absolute atomic E-state index is 13.0. The van der Waals surface area contributed by atoms with Crippen molar-refractivity contribution < 1.29 is 14.0 Å². The number of hydrogen-bond acceptors (Lipinski definition) is 5. The van der Waals surface area contributed by atoms with Crippen LogP contribution in [0.1, 0.15) is 49.9 Å². The first-order valence-electron chi connectivity index (χ1n) is 13.0. The standard InChI is InChI=1S/C29H32FN5O2.CH4/c30-24-9-4-21(5-10-24)6-11-25-12-15-27(33-32-25)31-29(37)23-18-28(36)35(20-23)26-13-7-22(8-14-26)19-34-16-2-1-3-17-34;/h4-5,7-10,12-15,23H,1-3,6,11,16-20H2,(H,31,33,37);1H4/t23-;/m0./s1. The third-order valence-electron chi connectivity index (χ3n) is 7.15. The highest BCUT2D eigenvalue weighted by atomic mass is 19.1. The Morgan fingerprint density at radius 2 is 1.61 bits per heavy atom. The summed E-state index contributed by atoms with van der Waals surface area (Å²) in [5.41, 5.74) is 3.88. The van der Waals surface area contributed by atoms with Gasteiger partial charge < -0.3 is 10.2 Å². The summed E-state index contributed by atoms with van der Waals surface area (Å²) >= 11 is 0. The minimum absolute atomic E-state index is 0. The molecule has 2 amide bonds. The first-order chi connectivity index (χ1) is 18.0. The number of piperidine rings is 1. The van der Waals surface area contributed by atoms with E-state index in [1.807, 2.05) is 18.2 Å². The number of aryl methyl sites for hydroxylation is 2. The van der Waals surface area contributed by atoms with Gasteiger partial charge in [-0.25, -0.2) is 4.39 Å². The molecule has 5 rings (SSSR count). The number of anilines is 2. The van der Waals surface area contributed by atoms with Gasteiger partial charge in [0.15, 0.2) is 5.82 Å². The zero-order valence-corrected chi connectivity index (χ0v) is 20.9. The molecule has 3 heterocycles. The molecule has 200 valence electrons. The molecule has 2 saturated heterocycles. The molecular weight excluding hydrogens is 481 g/mol. The largest absolute Gasteiger partial charge is 0.312 e. The monoisotopic (exact) mass is 517 g/mol. The molecule has 0 radical (unpaired) electrons. The fourth-order valence-electron chi connectivity index (χ4n) is 5.00. The molecular formula is C30H36FN5O2. The van der Waals surface area contributed by atoms with Crippen molar-refractivity contribution in [3.63, 3.8) is 0 Å². The SMILES string of the molecule is C.O=C(Nc1ccc(CCc2ccc(F)cc2)nn1)[C@H]1CC(=O)N(c2ccc(CN3CCCCC3)cc2)C1. The molecule has 7 nitrogen and oxygen atoms in total. The molecule has 2 fully saturated rings. The van der Waals surface area contributed by atoms with Crippen LogP contribution in [0, 0.1) is 11.7 Å². The first-order valence-corrected chi connectivity index (χ1v) is 13.0. The number of nitrogens with zero attached hydrogens (tertiary/aromatic N) is 4. The first kappa shape index (κ1) is 27.4. The lowest BCUT2D eigenvalue weighted by Gasteiger charge is -2.26. The lowest BCUT2D eigenvalue weighted by molar-refractivity contribution is -0.122. The fraction of sp³-hybridized carbons (Fsp3) is 0.400. The molecule has 0 unspecified atom stereocenters. The van der Waals surface area contributed by atoms with Gasteiger partial charge in [0.05, 0.1) is 11.6 Å². The van der Waals surface area contributed by atoms with Crippen LogP contribution in [0.15, 0.2) is 60.7 Å². The molecule has 2 aliphatic rings. The van der Waals surface area contributed by atoms with E-state index in [1.165, 1.54) is 37.0 Å². The van der Waals surface area contributed by atoms with Crippen LogP contribution in [0.3, 0.4) is 0 Å². The van der Waals surface area contributed by atoms with Gasteiger partial charge >= 0.3 is 0 Å². The van der Waals surface area contributed by atoms with Gasteiger partial charge in [-0.05, 0) is 86.3 Å². The van der Waals surface area contributed by atoms with Crippen LogP contribution in [0.2, 0.25) is 0 Å². The predicted octanol–water partition coefficient (Wildman–Crippen LogP) is 5.01. The fourth-order valence-corrected chi connectivity index (χ4v) is 5.00. The summed E-state index contributed by atoms with van der Waals surface area (Å²) < 4.78 is 13.0. The average molecular weight is 518 g/mol. The van der Waals surface area contributed by atoms with Crippen LogP contribution in [0.25, 0.3) is 0 Å². The summed E-state index contributed by atoms with van der Waals surface area (Å²) in [6.45, 7) is 3.57. The molecule has 0 bridgehead atoms. The van der Waals surface area contributed by atoms with Crippen LogP contribution in [0.4, 0.5) is 15.9 Å². The van der Waals surface area contributed by atoms with Gasteiger partial charge in [-0.2, -0.15) is 5.10 Å². The van der Waals surface area contributed by atoms with Gasteiger partial charge in [0.2, 0.25) is 11.8 Å². The third-order valence-corrected chi connectivity index (χ3v) is 7.15. The predicted molar refractivity (Wildman–Crippen MR) is 147 cm³/mol. The summed E-state index contributed by atoms with van der Waals surface area (Å²) in [7, 11) is 0. The van der Waals surface area contributed by atoms with Crippen molar-refractivity contribution in [3.05, 3.63) is 83.3 Å². The van der Waals surface area contributed by atoms with Gasteiger partial charge in [-0.3, -0.25) is 14.5 Å². The Hall–Kier alpha value is -3.65. The summed E-state index contributed by atoms with van der Waals surface area (Å²) in [5, 5.41) is 11.1. The van der Waals surface area contributed by atoms with E-state index in [9.17, 15) is 14.0 Å². The van der Waals surface area contributed by atoms with Crippen molar-refractivity contribution in [2.24, 2.45) is 5.92 Å². The van der Waals surface area contributed by atoms with Crippen LogP contribution in [-0.4, -0.2) is 46.5 Å². The molecule has 0 aliphatic carbocycles. The minimum atomic E-state index is -0.444. The zero-order chi connectivity index (χ0) is 25.6. The number of nitrogens with one attached hydrogen (secondary N) is 1. The molecule has 0 saturated carbocycles. The highest BCUT2D eigenvalue weighted by molar-refractivity contribution is 6.03. The smallest absolute Gasteiger partial charge is 0.231 e. The number of rotatable bonds is 8. The van der Waals surface area contributed by atoms with Gasteiger partial charge in [-0.15, -0.1) is 5.10 Å². The lowest BCUT2D eigenvalue weighted by Crippen LogP contribution is -2.29. The zero-order valence-electron chi connectivity index (χ0n) is 20.9. The number of carbonyl (C=O) groups excluding carboxylic acids is 2. The summed E-state index contributed by atoms with van der Waals surface area (Å²) in [5.74, 6) is -0.613. The molecule has 1 N–H and O–H groups in total. The van der Waals surface area contributed by atoms with Crippen LogP contribution < -0.4 is 10.2 Å². The summed E-state index contributed by atoms with van der Waals surface area (Å²) in [4.78, 5) is 29.7.